The summed E-state index contributed by atoms with van der Waals surface area (Å²) in [5.74, 6) is -0.987. The van der Waals surface area contributed by atoms with Crippen LogP contribution < -0.4 is 10.6 Å². The van der Waals surface area contributed by atoms with Crippen LogP contribution in [0.5, 0.6) is 0 Å². The van der Waals surface area contributed by atoms with Crippen LogP contribution in [0.3, 0.4) is 0 Å². The van der Waals surface area contributed by atoms with E-state index in [0.29, 0.717) is 25.9 Å². The Hall–Kier alpha value is -2.76. The fourth-order valence-electron chi connectivity index (χ4n) is 3.99. The molecule has 29 heavy (non-hydrogen) atoms. The van der Waals surface area contributed by atoms with Crippen molar-refractivity contribution in [2.75, 3.05) is 13.1 Å². The molecule has 0 unspecified atom stereocenters. The molecule has 0 atom stereocenters. The first-order valence-electron chi connectivity index (χ1n) is 10.1. The van der Waals surface area contributed by atoms with Crippen LogP contribution in [0, 0.1) is 11.6 Å². The summed E-state index contributed by atoms with van der Waals surface area (Å²) in [5.41, 5.74) is 0.730. The van der Waals surface area contributed by atoms with Gasteiger partial charge in [0, 0.05) is 13.1 Å². The highest BCUT2D eigenvalue weighted by Gasteiger charge is 2.41. The summed E-state index contributed by atoms with van der Waals surface area (Å²) in [4.78, 5) is 25.0. The SMILES string of the molecule is O=C(Cc1ccc(F)cc1)NCCNC(=O)C1(c2cccc(F)c2)CCCCC1. The van der Waals surface area contributed by atoms with E-state index in [1.54, 1.807) is 18.2 Å². The van der Waals surface area contributed by atoms with Crippen LogP contribution in [0.2, 0.25) is 0 Å². The Kier molecular flexibility index (Phi) is 6.96. The number of hydrogen-bond donors (Lipinski definition) is 2. The van der Waals surface area contributed by atoms with Gasteiger partial charge in [0.1, 0.15) is 11.6 Å². The van der Waals surface area contributed by atoms with Gasteiger partial charge < -0.3 is 10.6 Å². The number of hydrogen-bond acceptors (Lipinski definition) is 2. The number of carbonyl (C=O) groups is 2. The van der Waals surface area contributed by atoms with Gasteiger partial charge in [0.05, 0.1) is 11.8 Å². The van der Waals surface area contributed by atoms with E-state index in [9.17, 15) is 18.4 Å². The van der Waals surface area contributed by atoms with E-state index in [2.05, 4.69) is 10.6 Å². The molecule has 0 heterocycles. The fraction of sp³-hybridized carbons (Fsp3) is 0.391. The summed E-state index contributed by atoms with van der Waals surface area (Å²) < 4.78 is 26.7. The van der Waals surface area contributed by atoms with Crippen molar-refractivity contribution >= 4 is 11.8 Å². The molecule has 0 bridgehead atoms. The number of halogens is 2. The second kappa shape index (κ2) is 9.63. The van der Waals surface area contributed by atoms with Crippen molar-refractivity contribution in [3.05, 3.63) is 71.3 Å². The third kappa shape index (κ3) is 5.40. The fourth-order valence-corrected chi connectivity index (χ4v) is 3.99. The molecule has 2 N–H and O–H groups in total. The zero-order valence-corrected chi connectivity index (χ0v) is 16.3. The average Bonchev–Trinajstić information content (AvgIpc) is 2.73. The topological polar surface area (TPSA) is 58.2 Å². The first-order chi connectivity index (χ1) is 14.0. The van der Waals surface area contributed by atoms with E-state index in [0.717, 1.165) is 30.4 Å². The third-order valence-electron chi connectivity index (χ3n) is 5.53. The van der Waals surface area contributed by atoms with Crippen molar-refractivity contribution in [1.82, 2.24) is 10.6 Å². The summed E-state index contributed by atoms with van der Waals surface area (Å²) in [7, 11) is 0. The number of benzene rings is 2. The van der Waals surface area contributed by atoms with Crippen molar-refractivity contribution in [3.63, 3.8) is 0 Å². The Labute approximate surface area is 169 Å². The molecule has 0 radical (unpaired) electrons. The smallest absolute Gasteiger partial charge is 0.230 e. The van der Waals surface area contributed by atoms with Crippen LogP contribution in [0.25, 0.3) is 0 Å². The van der Waals surface area contributed by atoms with Gasteiger partial charge in [-0.15, -0.1) is 0 Å². The maximum Gasteiger partial charge on any atom is 0.230 e. The Balaban J connectivity index is 1.52. The number of nitrogens with one attached hydrogen (secondary N) is 2. The van der Waals surface area contributed by atoms with Gasteiger partial charge in [0.25, 0.3) is 0 Å². The van der Waals surface area contributed by atoms with Gasteiger partial charge in [-0.1, -0.05) is 43.5 Å². The highest BCUT2D eigenvalue weighted by atomic mass is 19.1. The first-order valence-corrected chi connectivity index (χ1v) is 10.1. The predicted octanol–water partition coefficient (Wildman–Crippen LogP) is 3.64. The Morgan fingerprint density at radius 1 is 0.862 bits per heavy atom. The van der Waals surface area contributed by atoms with Crippen molar-refractivity contribution < 1.29 is 18.4 Å². The molecule has 4 nitrogen and oxygen atoms in total. The van der Waals surface area contributed by atoms with Crippen LogP contribution in [-0.4, -0.2) is 24.9 Å². The van der Waals surface area contributed by atoms with Gasteiger partial charge in [0.2, 0.25) is 11.8 Å². The summed E-state index contributed by atoms with van der Waals surface area (Å²) in [6.45, 7) is 0.593. The van der Waals surface area contributed by atoms with Gasteiger partial charge in [-0.3, -0.25) is 9.59 Å². The lowest BCUT2D eigenvalue weighted by atomic mass is 9.68. The molecular weight excluding hydrogens is 374 g/mol. The molecule has 1 aliphatic rings. The molecule has 0 saturated heterocycles. The Morgan fingerprint density at radius 2 is 1.55 bits per heavy atom. The molecule has 0 spiro atoms. The van der Waals surface area contributed by atoms with E-state index in [4.69, 9.17) is 0 Å². The maximum atomic E-state index is 13.8. The van der Waals surface area contributed by atoms with Gasteiger partial charge in [-0.25, -0.2) is 8.78 Å². The minimum absolute atomic E-state index is 0.115. The Morgan fingerprint density at radius 3 is 2.24 bits per heavy atom. The molecule has 6 heteroatoms. The molecule has 2 amide bonds. The molecule has 1 saturated carbocycles. The van der Waals surface area contributed by atoms with Gasteiger partial charge in [-0.2, -0.15) is 0 Å². The molecule has 1 fully saturated rings. The van der Waals surface area contributed by atoms with E-state index >= 15 is 0 Å². The molecule has 3 rings (SSSR count). The van der Waals surface area contributed by atoms with Crippen LogP contribution in [0.15, 0.2) is 48.5 Å². The quantitative estimate of drug-likeness (QED) is 0.697. The standard InChI is InChI=1S/C23H26F2N2O2/c24-19-9-7-17(8-10-19)15-21(28)26-13-14-27-22(29)23(11-2-1-3-12-23)18-5-4-6-20(25)16-18/h4-10,16H,1-3,11-15H2,(H,26,28)(H,27,29). The normalized spacial score (nSPS) is 15.5. The second-order valence-electron chi connectivity index (χ2n) is 7.56. The molecule has 0 aromatic heterocycles. The number of carbonyl (C=O) groups excluding carboxylic acids is 2. The zero-order valence-electron chi connectivity index (χ0n) is 16.3. The van der Waals surface area contributed by atoms with E-state index in [1.165, 1.54) is 24.3 Å². The molecule has 154 valence electrons. The summed E-state index contributed by atoms with van der Waals surface area (Å²) in [6.07, 6.45) is 4.47. The molecule has 1 aliphatic carbocycles. The zero-order chi connectivity index (χ0) is 20.7. The lowest BCUT2D eigenvalue weighted by Gasteiger charge is -2.36. The molecule has 0 aliphatic heterocycles. The van der Waals surface area contributed by atoms with Crippen LogP contribution in [0.1, 0.15) is 43.2 Å². The van der Waals surface area contributed by atoms with Crippen molar-refractivity contribution in [2.24, 2.45) is 0 Å². The van der Waals surface area contributed by atoms with Crippen molar-refractivity contribution in [2.45, 2.75) is 43.9 Å². The highest BCUT2D eigenvalue weighted by Crippen LogP contribution is 2.39. The van der Waals surface area contributed by atoms with Gasteiger partial charge in [-0.05, 0) is 48.2 Å². The summed E-state index contributed by atoms with van der Waals surface area (Å²) in [6, 6.07) is 12.1. The van der Waals surface area contributed by atoms with E-state index < -0.39 is 5.41 Å². The monoisotopic (exact) mass is 400 g/mol. The summed E-state index contributed by atoms with van der Waals surface area (Å²) in [5, 5.41) is 5.67. The lowest BCUT2D eigenvalue weighted by Crippen LogP contribution is -2.47. The number of amides is 2. The van der Waals surface area contributed by atoms with Crippen molar-refractivity contribution in [1.29, 1.82) is 0 Å². The van der Waals surface area contributed by atoms with E-state index in [1.807, 2.05) is 6.07 Å². The van der Waals surface area contributed by atoms with Gasteiger partial charge in [0.15, 0.2) is 0 Å². The predicted molar refractivity (Wildman–Crippen MR) is 107 cm³/mol. The second-order valence-corrected chi connectivity index (χ2v) is 7.56. The van der Waals surface area contributed by atoms with Crippen LogP contribution in [0.4, 0.5) is 8.78 Å². The largest absolute Gasteiger partial charge is 0.354 e. The molecule has 2 aromatic rings. The first kappa shape index (κ1) is 21.0. The lowest BCUT2D eigenvalue weighted by molar-refractivity contribution is -0.128. The maximum absolute atomic E-state index is 13.8. The molecular formula is C23H26F2N2O2. The minimum atomic E-state index is -0.710. The summed E-state index contributed by atoms with van der Waals surface area (Å²) >= 11 is 0. The van der Waals surface area contributed by atoms with Crippen LogP contribution in [-0.2, 0) is 21.4 Å². The van der Waals surface area contributed by atoms with Crippen molar-refractivity contribution in [3.8, 4) is 0 Å². The van der Waals surface area contributed by atoms with E-state index in [-0.39, 0.29) is 29.9 Å². The van der Waals surface area contributed by atoms with Crippen LogP contribution >= 0.6 is 0 Å². The average molecular weight is 400 g/mol. The highest BCUT2D eigenvalue weighted by molar-refractivity contribution is 5.88. The Bertz CT molecular complexity index is 846. The van der Waals surface area contributed by atoms with Gasteiger partial charge >= 0.3 is 0 Å². The molecule has 2 aromatic carbocycles. The number of rotatable bonds is 7. The third-order valence-corrected chi connectivity index (χ3v) is 5.53. The minimum Gasteiger partial charge on any atom is -0.354 e.